The van der Waals surface area contributed by atoms with Gasteiger partial charge in [0.15, 0.2) is 0 Å². The van der Waals surface area contributed by atoms with E-state index in [1.807, 2.05) is 0 Å². The Morgan fingerprint density at radius 2 is 1.33 bits per heavy atom. The van der Waals surface area contributed by atoms with Crippen molar-refractivity contribution in [2.24, 2.45) is 0 Å². The minimum atomic E-state index is -2.33. The standard InChI is InChI=1S/CH2O3.Mo.Na/c2-1(3)4;;/h(H2,2,3,4);;/q;+4;+1/p-2. The molecule has 0 N–H and O–H groups in total. The van der Waals surface area contributed by atoms with Crippen LogP contribution in [0.2, 0.25) is 0 Å². The van der Waals surface area contributed by atoms with Crippen molar-refractivity contribution in [1.82, 2.24) is 0 Å². The Hall–Kier alpha value is 0.958. The van der Waals surface area contributed by atoms with E-state index in [0.717, 1.165) is 0 Å². The van der Waals surface area contributed by atoms with Crippen LogP contribution >= 0.6 is 0 Å². The van der Waals surface area contributed by atoms with Gasteiger partial charge in [0, 0.05) is 0 Å². The van der Waals surface area contributed by atoms with Crippen LogP contribution < -0.4 is 39.8 Å². The second-order valence-electron chi connectivity index (χ2n) is 0.250. The van der Waals surface area contributed by atoms with Crippen LogP contribution in [0.25, 0.3) is 0 Å². The molecule has 0 aliphatic rings. The number of carbonyl (C=O) groups is 1. The maximum Gasteiger partial charge on any atom is 4.00 e. The van der Waals surface area contributed by atoms with Crippen molar-refractivity contribution in [1.29, 1.82) is 0 Å². The average molecular weight is 179 g/mol. The van der Waals surface area contributed by atoms with Crippen LogP contribution in [0.1, 0.15) is 0 Å². The van der Waals surface area contributed by atoms with Gasteiger partial charge in [-0.3, -0.25) is 0 Å². The maximum atomic E-state index is 8.33. The molecule has 5 heteroatoms. The van der Waals surface area contributed by atoms with E-state index in [0.29, 0.717) is 0 Å². The third-order valence-corrected chi connectivity index (χ3v) is 0. The van der Waals surface area contributed by atoms with Gasteiger partial charge in [-0.15, -0.1) is 0 Å². The monoisotopic (exact) mass is 181 g/mol. The number of hydrogen-bond acceptors (Lipinski definition) is 3. The molecule has 0 heterocycles. The van der Waals surface area contributed by atoms with Gasteiger partial charge in [0.25, 0.3) is 0 Å². The number of hydrogen-bond donors (Lipinski definition) is 0. The molecule has 26 valence electrons. The fraction of sp³-hybridized carbons (Fsp3) is 0. The molecule has 6 heavy (non-hydrogen) atoms. The van der Waals surface area contributed by atoms with Crippen molar-refractivity contribution >= 4 is 6.16 Å². The van der Waals surface area contributed by atoms with Crippen molar-refractivity contribution in [2.75, 3.05) is 0 Å². The van der Waals surface area contributed by atoms with Gasteiger partial charge in [-0.1, -0.05) is 0 Å². The molecule has 0 rings (SSSR count). The number of carbonyl (C=O) groups excluding carboxylic acids is 1. The van der Waals surface area contributed by atoms with Gasteiger partial charge in [-0.25, -0.2) is 0 Å². The molecule has 0 unspecified atom stereocenters. The van der Waals surface area contributed by atoms with Crippen LogP contribution in [0.15, 0.2) is 0 Å². The molecule has 0 atom stereocenters. The molecule has 0 amide bonds. The van der Waals surface area contributed by atoms with Crippen molar-refractivity contribution in [2.45, 2.75) is 0 Å². The Balaban J connectivity index is -0.0000000450. The molecule has 0 bridgehead atoms. The van der Waals surface area contributed by atoms with Crippen LogP contribution in [0.3, 0.4) is 0 Å². The van der Waals surface area contributed by atoms with Crippen molar-refractivity contribution in [3.63, 3.8) is 0 Å². The average Bonchev–Trinajstić information content (AvgIpc) is 0.811. The van der Waals surface area contributed by atoms with Crippen molar-refractivity contribution in [3.8, 4) is 0 Å². The summed E-state index contributed by atoms with van der Waals surface area (Å²) < 4.78 is 0. The summed E-state index contributed by atoms with van der Waals surface area (Å²) in [7, 11) is 0. The molecule has 0 fully saturated rings. The molecule has 0 aromatic rings. The number of carboxylic acid groups (broad SMARTS) is 2. The summed E-state index contributed by atoms with van der Waals surface area (Å²) in [6.45, 7) is 0. The zero-order chi connectivity index (χ0) is 3.58. The van der Waals surface area contributed by atoms with E-state index in [-0.39, 0.29) is 50.6 Å². The molecule has 0 aromatic carbocycles. The van der Waals surface area contributed by atoms with Gasteiger partial charge in [0.05, 0.1) is 0 Å². The molecule has 0 saturated carbocycles. The van der Waals surface area contributed by atoms with Gasteiger partial charge in [-0.2, -0.15) is 0 Å². The normalized spacial score (nSPS) is 4.00. The van der Waals surface area contributed by atoms with Gasteiger partial charge in [0.1, 0.15) is 0 Å². The molecule has 0 spiro atoms. The molecule has 0 aromatic heterocycles. The Labute approximate surface area is 71.3 Å². The smallest absolute Gasteiger partial charge is 0.652 e. The number of rotatable bonds is 0. The van der Waals surface area contributed by atoms with E-state index in [1.165, 1.54) is 0 Å². The molecule has 0 saturated heterocycles. The second kappa shape index (κ2) is 9.35. The molecular formula is CMoNaO3+3. The minimum absolute atomic E-state index is 0. The fourth-order valence-corrected chi connectivity index (χ4v) is 0. The molecule has 0 radical (unpaired) electrons. The first-order valence-electron chi connectivity index (χ1n) is 0.612. The largest absolute Gasteiger partial charge is 4.00 e. The third-order valence-electron chi connectivity index (χ3n) is 0. The molecule has 0 aliphatic heterocycles. The Bertz CT molecular complexity index is 33.8. The third kappa shape index (κ3) is 84.6. The summed E-state index contributed by atoms with van der Waals surface area (Å²) in [5, 5.41) is 16.7. The van der Waals surface area contributed by atoms with E-state index < -0.39 is 6.16 Å². The quantitative estimate of drug-likeness (QED) is 0.348. The first kappa shape index (κ1) is 15.8. The zero-order valence-electron chi connectivity index (χ0n) is 3.13. The van der Waals surface area contributed by atoms with Gasteiger partial charge in [0.2, 0.25) is 0 Å². The van der Waals surface area contributed by atoms with Gasteiger partial charge >= 0.3 is 50.6 Å². The van der Waals surface area contributed by atoms with E-state index in [9.17, 15) is 0 Å². The first-order valence-corrected chi connectivity index (χ1v) is 0.612. The summed E-state index contributed by atoms with van der Waals surface area (Å²) in [4.78, 5) is 8.33. The second-order valence-corrected chi connectivity index (χ2v) is 0.250. The molecular weight excluding hydrogens is 179 g/mol. The van der Waals surface area contributed by atoms with Crippen molar-refractivity contribution in [3.05, 3.63) is 0 Å². The first-order chi connectivity index (χ1) is 1.73. The van der Waals surface area contributed by atoms with Crippen LogP contribution in [-0.2, 0) is 21.1 Å². The van der Waals surface area contributed by atoms with Crippen LogP contribution in [0.4, 0.5) is 4.79 Å². The Morgan fingerprint density at radius 3 is 1.33 bits per heavy atom. The van der Waals surface area contributed by atoms with Gasteiger partial charge < -0.3 is 15.0 Å². The van der Waals surface area contributed by atoms with E-state index in [4.69, 9.17) is 15.0 Å². The van der Waals surface area contributed by atoms with E-state index >= 15 is 0 Å². The van der Waals surface area contributed by atoms with Crippen LogP contribution in [0.5, 0.6) is 0 Å². The zero-order valence-corrected chi connectivity index (χ0v) is 7.14. The topological polar surface area (TPSA) is 63.2 Å². The van der Waals surface area contributed by atoms with Crippen LogP contribution in [0, 0.1) is 0 Å². The molecule has 0 aliphatic carbocycles. The maximum absolute atomic E-state index is 8.33. The SMILES string of the molecule is O=C([O-])[O-].[Mo+4].[Na+]. The predicted octanol–water partition coefficient (Wildman–Crippen LogP) is -5.45. The fourth-order valence-electron chi connectivity index (χ4n) is 0. The van der Waals surface area contributed by atoms with E-state index in [1.54, 1.807) is 0 Å². The van der Waals surface area contributed by atoms with Crippen LogP contribution in [-0.4, -0.2) is 6.16 Å². The summed E-state index contributed by atoms with van der Waals surface area (Å²) in [6, 6.07) is 0. The van der Waals surface area contributed by atoms with E-state index in [2.05, 4.69) is 0 Å². The predicted molar refractivity (Wildman–Crippen MR) is 5.40 cm³/mol. The Kier molecular flexibility index (Phi) is 24.6. The summed E-state index contributed by atoms with van der Waals surface area (Å²) in [5.74, 6) is 0. The van der Waals surface area contributed by atoms with Gasteiger partial charge in [-0.05, 0) is 6.16 Å². The summed E-state index contributed by atoms with van der Waals surface area (Å²) in [6.07, 6.45) is -2.33. The summed E-state index contributed by atoms with van der Waals surface area (Å²) in [5.41, 5.74) is 0. The Morgan fingerprint density at radius 1 is 1.33 bits per heavy atom. The minimum Gasteiger partial charge on any atom is -0.652 e. The molecule has 3 nitrogen and oxygen atoms in total. The van der Waals surface area contributed by atoms with Crippen molar-refractivity contribution < 1.29 is 65.6 Å². The summed E-state index contributed by atoms with van der Waals surface area (Å²) >= 11 is 0.